The number of fused-ring (bicyclic) bond motifs is 1. The summed E-state index contributed by atoms with van der Waals surface area (Å²) in [5.41, 5.74) is -0.362. The minimum Gasteiger partial charge on any atom is -0.478 e. The highest BCUT2D eigenvalue weighted by molar-refractivity contribution is 7.89. The van der Waals surface area contributed by atoms with Gasteiger partial charge in [0.25, 0.3) is 0 Å². The van der Waals surface area contributed by atoms with Crippen molar-refractivity contribution in [2.45, 2.75) is 24.3 Å². The number of carbonyl (C=O) groups is 1. The summed E-state index contributed by atoms with van der Waals surface area (Å²) in [6.07, 6.45) is 0. The zero-order valence-electron chi connectivity index (χ0n) is 9.76. The minimum atomic E-state index is -3.72. The molecule has 1 heterocycles. The van der Waals surface area contributed by atoms with Gasteiger partial charge in [0.05, 0.1) is 11.1 Å². The van der Waals surface area contributed by atoms with E-state index in [1.165, 1.54) is 17.4 Å². The van der Waals surface area contributed by atoms with Gasteiger partial charge in [0.2, 0.25) is 10.0 Å². The molecular formula is C11H13NO4S. The van der Waals surface area contributed by atoms with Crippen LogP contribution in [-0.4, -0.2) is 30.8 Å². The Kier molecular flexibility index (Phi) is 2.34. The number of nitrogens with zero attached hydrogens (tertiary/aromatic N) is 1. The summed E-state index contributed by atoms with van der Waals surface area (Å²) in [5.74, 6) is -1.23. The standard InChI is InChI=1S/C11H13NO4S/c1-11(2)8-6-4-5-7(10(13)14)9(8)17(15,16)12(11)3/h4-6H,1-3H3,(H,13,14). The molecule has 0 atom stereocenters. The lowest BCUT2D eigenvalue weighted by molar-refractivity contribution is 0.0692. The third kappa shape index (κ3) is 1.41. The Morgan fingerprint density at radius 3 is 2.47 bits per heavy atom. The van der Waals surface area contributed by atoms with Gasteiger partial charge < -0.3 is 5.11 Å². The second kappa shape index (κ2) is 3.30. The number of sulfonamides is 1. The Hall–Kier alpha value is -1.40. The molecule has 17 heavy (non-hydrogen) atoms. The number of carboxylic acids is 1. The summed E-state index contributed by atoms with van der Waals surface area (Å²) in [5, 5.41) is 9.05. The van der Waals surface area contributed by atoms with E-state index in [9.17, 15) is 13.2 Å². The van der Waals surface area contributed by atoms with Crippen LogP contribution in [0.15, 0.2) is 23.1 Å². The van der Waals surface area contributed by atoms with Crippen LogP contribution in [0.5, 0.6) is 0 Å². The third-order valence-corrected chi connectivity index (χ3v) is 5.44. The number of benzene rings is 1. The zero-order valence-corrected chi connectivity index (χ0v) is 10.6. The molecule has 0 amide bonds. The van der Waals surface area contributed by atoms with Gasteiger partial charge in [0.15, 0.2) is 0 Å². The van der Waals surface area contributed by atoms with Crippen molar-refractivity contribution in [2.24, 2.45) is 0 Å². The molecule has 6 heteroatoms. The summed E-state index contributed by atoms with van der Waals surface area (Å²) in [6, 6.07) is 4.54. The van der Waals surface area contributed by atoms with Gasteiger partial charge in [-0.1, -0.05) is 12.1 Å². The molecule has 1 aromatic carbocycles. The lowest BCUT2D eigenvalue weighted by atomic mass is 9.93. The third-order valence-electron chi connectivity index (χ3n) is 3.31. The van der Waals surface area contributed by atoms with E-state index >= 15 is 0 Å². The molecule has 2 rings (SSSR count). The maximum absolute atomic E-state index is 12.2. The average Bonchev–Trinajstić information content (AvgIpc) is 2.38. The number of aromatic carboxylic acids is 1. The van der Waals surface area contributed by atoms with Crippen molar-refractivity contribution in [3.05, 3.63) is 29.3 Å². The highest BCUT2D eigenvalue weighted by Crippen LogP contribution is 2.43. The first-order valence-electron chi connectivity index (χ1n) is 5.06. The van der Waals surface area contributed by atoms with E-state index in [4.69, 9.17) is 5.11 Å². The Morgan fingerprint density at radius 2 is 1.94 bits per heavy atom. The first-order valence-corrected chi connectivity index (χ1v) is 6.50. The average molecular weight is 255 g/mol. The topological polar surface area (TPSA) is 74.7 Å². The molecule has 1 aromatic rings. The zero-order chi connectivity index (χ0) is 13.0. The van der Waals surface area contributed by atoms with Crippen LogP contribution in [0.3, 0.4) is 0 Å². The van der Waals surface area contributed by atoms with Crippen molar-refractivity contribution in [3.63, 3.8) is 0 Å². The van der Waals surface area contributed by atoms with Crippen LogP contribution in [0, 0.1) is 0 Å². The van der Waals surface area contributed by atoms with E-state index in [0.29, 0.717) is 5.56 Å². The first kappa shape index (κ1) is 12.1. The van der Waals surface area contributed by atoms with Crippen molar-refractivity contribution in [2.75, 3.05) is 7.05 Å². The van der Waals surface area contributed by atoms with E-state index in [-0.39, 0.29) is 10.5 Å². The second-order valence-electron chi connectivity index (χ2n) is 4.52. The van der Waals surface area contributed by atoms with Gasteiger partial charge in [-0.25, -0.2) is 13.2 Å². The van der Waals surface area contributed by atoms with Gasteiger partial charge in [0.1, 0.15) is 4.90 Å². The quantitative estimate of drug-likeness (QED) is 0.819. The van der Waals surface area contributed by atoms with Crippen LogP contribution in [0.25, 0.3) is 0 Å². The van der Waals surface area contributed by atoms with Gasteiger partial charge >= 0.3 is 5.97 Å². The highest BCUT2D eigenvalue weighted by atomic mass is 32.2. The summed E-state index contributed by atoms with van der Waals surface area (Å²) in [7, 11) is -2.26. The molecule has 0 radical (unpaired) electrons. The van der Waals surface area contributed by atoms with Crippen molar-refractivity contribution in [1.82, 2.24) is 4.31 Å². The summed E-state index contributed by atoms with van der Waals surface area (Å²) >= 11 is 0. The van der Waals surface area contributed by atoms with Crippen LogP contribution in [0.1, 0.15) is 29.8 Å². The van der Waals surface area contributed by atoms with Crippen LogP contribution < -0.4 is 0 Å². The normalized spacial score (nSPS) is 21.1. The molecule has 5 nitrogen and oxygen atoms in total. The fourth-order valence-corrected chi connectivity index (χ4v) is 4.07. The van der Waals surface area contributed by atoms with Gasteiger partial charge in [-0.15, -0.1) is 0 Å². The second-order valence-corrected chi connectivity index (χ2v) is 6.43. The van der Waals surface area contributed by atoms with Crippen LogP contribution in [-0.2, 0) is 15.6 Å². The van der Waals surface area contributed by atoms with Crippen LogP contribution in [0.4, 0.5) is 0 Å². The molecule has 0 spiro atoms. The molecule has 0 bridgehead atoms. The summed E-state index contributed by atoms with van der Waals surface area (Å²) < 4.78 is 25.6. The largest absolute Gasteiger partial charge is 0.478 e. The predicted molar refractivity (Wildman–Crippen MR) is 61.4 cm³/mol. The van der Waals surface area contributed by atoms with E-state index in [1.807, 2.05) is 0 Å². The molecule has 0 fully saturated rings. The summed E-state index contributed by atoms with van der Waals surface area (Å²) in [6.45, 7) is 3.50. The molecule has 1 aliphatic rings. The Morgan fingerprint density at radius 1 is 1.35 bits per heavy atom. The highest BCUT2D eigenvalue weighted by Gasteiger charge is 2.47. The van der Waals surface area contributed by atoms with Gasteiger partial charge in [-0.3, -0.25) is 0 Å². The van der Waals surface area contributed by atoms with Crippen molar-refractivity contribution < 1.29 is 18.3 Å². The number of carboxylic acid groups (broad SMARTS) is 1. The predicted octanol–water partition coefficient (Wildman–Crippen LogP) is 1.25. The SMILES string of the molecule is CN1C(C)(C)c2cccc(C(=O)O)c2S1(=O)=O. The van der Waals surface area contributed by atoms with Crippen molar-refractivity contribution in [3.8, 4) is 0 Å². The Labute approximate surface area is 99.7 Å². The van der Waals surface area contributed by atoms with Gasteiger partial charge in [0, 0.05) is 7.05 Å². The van der Waals surface area contributed by atoms with Crippen LogP contribution in [0.2, 0.25) is 0 Å². The molecule has 0 unspecified atom stereocenters. The lowest BCUT2D eigenvalue weighted by Crippen LogP contribution is -2.35. The van der Waals surface area contributed by atoms with Gasteiger partial charge in [-0.2, -0.15) is 4.31 Å². The van der Waals surface area contributed by atoms with Crippen molar-refractivity contribution >= 4 is 16.0 Å². The molecule has 0 saturated heterocycles. The van der Waals surface area contributed by atoms with E-state index < -0.39 is 21.5 Å². The number of rotatable bonds is 1. The lowest BCUT2D eigenvalue weighted by Gasteiger charge is -2.26. The number of hydrogen-bond donors (Lipinski definition) is 1. The van der Waals surface area contributed by atoms with E-state index in [1.54, 1.807) is 26.0 Å². The molecule has 0 saturated carbocycles. The fraction of sp³-hybridized carbons (Fsp3) is 0.364. The maximum atomic E-state index is 12.2. The van der Waals surface area contributed by atoms with Crippen LogP contribution >= 0.6 is 0 Å². The molecular weight excluding hydrogens is 242 g/mol. The summed E-state index contributed by atoms with van der Waals surface area (Å²) in [4.78, 5) is 11.0. The van der Waals surface area contributed by atoms with Crippen molar-refractivity contribution in [1.29, 1.82) is 0 Å². The first-order chi connectivity index (χ1) is 7.70. The monoisotopic (exact) mass is 255 g/mol. The number of hydrogen-bond acceptors (Lipinski definition) is 3. The Balaban J connectivity index is 2.91. The maximum Gasteiger partial charge on any atom is 0.337 e. The smallest absolute Gasteiger partial charge is 0.337 e. The minimum absolute atomic E-state index is 0.0833. The molecule has 1 N–H and O–H groups in total. The molecule has 0 aliphatic carbocycles. The van der Waals surface area contributed by atoms with Gasteiger partial charge in [-0.05, 0) is 25.5 Å². The Bertz CT molecular complexity index is 604. The molecule has 1 aliphatic heterocycles. The fourth-order valence-electron chi connectivity index (χ4n) is 2.07. The molecule has 92 valence electrons. The van der Waals surface area contributed by atoms with E-state index in [0.717, 1.165) is 0 Å². The molecule has 0 aromatic heterocycles. The van der Waals surface area contributed by atoms with E-state index in [2.05, 4.69) is 0 Å².